The maximum atomic E-state index is 13.7. The zero-order chi connectivity index (χ0) is 41.8. The second-order valence-corrected chi connectivity index (χ2v) is 15.8. The van der Waals surface area contributed by atoms with Crippen LogP contribution in [0, 0.1) is 0 Å². The van der Waals surface area contributed by atoms with Crippen molar-refractivity contribution in [3.05, 3.63) is 190 Å². The summed E-state index contributed by atoms with van der Waals surface area (Å²) in [6, 6.07) is 45.3. The number of aromatic carboxylic acids is 2. The molecule has 10 rings (SSSR count). The van der Waals surface area contributed by atoms with E-state index < -0.39 is 22.8 Å². The molecule has 2 heterocycles. The van der Waals surface area contributed by atoms with Gasteiger partial charge in [-0.3, -0.25) is 9.59 Å². The number of carboxylic acid groups (broad SMARTS) is 2. The maximum absolute atomic E-state index is 13.7. The summed E-state index contributed by atoms with van der Waals surface area (Å²) >= 11 is 0. The molecule has 6 aromatic rings. The van der Waals surface area contributed by atoms with E-state index in [1.165, 1.54) is 0 Å². The first-order valence-corrected chi connectivity index (χ1v) is 19.8. The van der Waals surface area contributed by atoms with E-state index >= 15 is 0 Å². The van der Waals surface area contributed by atoms with Crippen LogP contribution < -0.4 is 19.3 Å². The smallest absolute Gasteiger partial charge is 0.335 e. The minimum atomic E-state index is -0.971. The third-order valence-corrected chi connectivity index (χ3v) is 12.5. The van der Waals surface area contributed by atoms with Gasteiger partial charge in [0.2, 0.25) is 11.8 Å². The van der Waals surface area contributed by atoms with Crippen LogP contribution >= 0.6 is 0 Å². The van der Waals surface area contributed by atoms with Crippen LogP contribution in [-0.4, -0.2) is 48.2 Å². The second kappa shape index (κ2) is 14.9. The van der Waals surface area contributed by atoms with Crippen molar-refractivity contribution in [3.63, 3.8) is 0 Å². The Kier molecular flexibility index (Phi) is 9.50. The van der Waals surface area contributed by atoms with Crippen molar-refractivity contribution >= 4 is 35.1 Å². The van der Waals surface area contributed by atoms with Crippen LogP contribution in [-0.2, 0) is 33.5 Å². The van der Waals surface area contributed by atoms with E-state index in [0.717, 1.165) is 69.1 Å². The van der Waals surface area contributed by atoms with E-state index in [9.17, 15) is 29.4 Å². The van der Waals surface area contributed by atoms with E-state index in [4.69, 9.17) is 9.47 Å². The number of carbonyl (C=O) groups is 4. The first-order valence-electron chi connectivity index (χ1n) is 19.8. The fourth-order valence-corrected chi connectivity index (χ4v) is 9.50. The average Bonchev–Trinajstić information content (AvgIpc) is 4.19. The number of hydrogen-bond donors (Lipinski definition) is 2. The first kappa shape index (κ1) is 38.3. The molecule has 2 aliphatic carbocycles. The number of amides is 2. The molecule has 2 saturated carbocycles. The third-order valence-electron chi connectivity index (χ3n) is 12.5. The number of fused-ring (bicyclic) bond motifs is 4. The highest BCUT2D eigenvalue weighted by molar-refractivity contribution is 6.12. The second-order valence-electron chi connectivity index (χ2n) is 15.8. The van der Waals surface area contributed by atoms with Gasteiger partial charge < -0.3 is 29.5 Å². The lowest BCUT2D eigenvalue weighted by atomic mass is 9.92. The molecule has 0 bridgehead atoms. The van der Waals surface area contributed by atoms with Crippen molar-refractivity contribution < 1.29 is 38.9 Å². The van der Waals surface area contributed by atoms with Crippen LogP contribution in [0.25, 0.3) is 0 Å². The van der Waals surface area contributed by atoms with Crippen LogP contribution in [0.5, 0.6) is 11.5 Å². The Balaban J connectivity index is 0.000000154. The molecule has 60 heavy (non-hydrogen) atoms. The van der Waals surface area contributed by atoms with Crippen LogP contribution in [0.3, 0.4) is 0 Å². The highest BCUT2D eigenvalue weighted by atomic mass is 16.5. The average molecular weight is 799 g/mol. The Bertz CT molecular complexity index is 2530. The minimum absolute atomic E-state index is 0.0808. The molecule has 4 aliphatic rings. The zero-order valence-electron chi connectivity index (χ0n) is 33.1. The lowest BCUT2D eigenvalue weighted by molar-refractivity contribution is -0.121. The van der Waals surface area contributed by atoms with E-state index in [-0.39, 0.29) is 34.8 Å². The normalized spacial score (nSPS) is 21.6. The summed E-state index contributed by atoms with van der Waals surface area (Å²) in [7, 11) is 3.29. The Hall–Kier alpha value is -7.20. The molecule has 2 spiro atoms. The predicted octanol–water partition coefficient (Wildman–Crippen LogP) is 8.73. The summed E-state index contributed by atoms with van der Waals surface area (Å²) in [5.41, 5.74) is 7.09. The van der Waals surface area contributed by atoms with Crippen molar-refractivity contribution in [2.24, 2.45) is 0 Å². The van der Waals surface area contributed by atoms with Crippen molar-refractivity contribution in [1.82, 2.24) is 0 Å². The Morgan fingerprint density at radius 2 is 0.950 bits per heavy atom. The van der Waals surface area contributed by atoms with Crippen LogP contribution in [0.15, 0.2) is 146 Å². The molecule has 4 atom stereocenters. The van der Waals surface area contributed by atoms with Gasteiger partial charge in [0.1, 0.15) is 11.5 Å². The Morgan fingerprint density at radius 3 is 1.35 bits per heavy atom. The number of para-hydroxylation sites is 2. The molecular formula is C50H42N2O8. The van der Waals surface area contributed by atoms with Gasteiger partial charge in [-0.15, -0.1) is 0 Å². The number of ether oxygens (including phenoxy) is 2. The van der Waals surface area contributed by atoms with Crippen molar-refractivity contribution in [3.8, 4) is 11.5 Å². The fourth-order valence-electron chi connectivity index (χ4n) is 9.50. The molecule has 10 nitrogen and oxygen atoms in total. The molecule has 2 amide bonds. The summed E-state index contributed by atoms with van der Waals surface area (Å²) in [6.07, 6.45) is 1.53. The lowest BCUT2D eigenvalue weighted by Crippen LogP contribution is -2.32. The van der Waals surface area contributed by atoms with Gasteiger partial charge in [0.05, 0.1) is 49.3 Å². The van der Waals surface area contributed by atoms with E-state index in [1.807, 2.05) is 97.1 Å². The van der Waals surface area contributed by atoms with Gasteiger partial charge in [-0.2, -0.15) is 0 Å². The summed E-state index contributed by atoms with van der Waals surface area (Å²) in [6.45, 7) is 0.701. The van der Waals surface area contributed by atoms with Gasteiger partial charge in [-0.1, -0.05) is 84.9 Å². The molecule has 0 saturated heterocycles. The number of carbonyl (C=O) groups excluding carboxylic acids is 2. The topological polar surface area (TPSA) is 134 Å². The Morgan fingerprint density at radius 1 is 0.550 bits per heavy atom. The quantitative estimate of drug-likeness (QED) is 0.141. The molecule has 2 aliphatic heterocycles. The highest BCUT2D eigenvalue weighted by Gasteiger charge is 2.68. The van der Waals surface area contributed by atoms with Crippen molar-refractivity contribution in [2.45, 2.75) is 48.6 Å². The lowest BCUT2D eigenvalue weighted by Gasteiger charge is -2.19. The number of rotatable bonds is 10. The van der Waals surface area contributed by atoms with Crippen LogP contribution in [0.1, 0.15) is 78.8 Å². The molecule has 0 aromatic heterocycles. The molecule has 0 radical (unpaired) electrons. The summed E-state index contributed by atoms with van der Waals surface area (Å²) in [5, 5.41) is 18.6. The molecule has 6 aromatic carbocycles. The highest BCUT2D eigenvalue weighted by Crippen LogP contribution is 2.67. The molecule has 10 heteroatoms. The van der Waals surface area contributed by atoms with Gasteiger partial charge in [0.25, 0.3) is 0 Å². The SMILES string of the molecule is COc1cccc([C@@H]2C[C@@]23C(=O)N(Cc2cccc(C(=O)O)c2)c2ccccc23)c1.COc1cccc([C@H]2C[C@]23C(=O)N(Cc2cccc(C(=O)O)c2)c2ccccc23)c1. The number of benzene rings is 6. The number of hydrogen-bond acceptors (Lipinski definition) is 6. The molecule has 300 valence electrons. The summed E-state index contributed by atoms with van der Waals surface area (Å²) < 4.78 is 10.7. The first-order chi connectivity index (χ1) is 29.1. The number of anilines is 2. The summed E-state index contributed by atoms with van der Waals surface area (Å²) in [4.78, 5) is 53.6. The number of nitrogens with zero attached hydrogens (tertiary/aromatic N) is 2. The number of carboxylic acids is 2. The van der Waals surface area contributed by atoms with Gasteiger partial charge in [-0.25, -0.2) is 9.59 Å². The minimum Gasteiger partial charge on any atom is -0.497 e. The van der Waals surface area contributed by atoms with E-state index in [1.54, 1.807) is 60.4 Å². The Labute approximate surface area is 347 Å². The van der Waals surface area contributed by atoms with E-state index in [0.29, 0.717) is 13.1 Å². The van der Waals surface area contributed by atoms with Gasteiger partial charge in [-0.05, 0) is 107 Å². The predicted molar refractivity (Wildman–Crippen MR) is 226 cm³/mol. The third kappa shape index (κ3) is 6.36. The standard InChI is InChI=1S/2C25H21NO4/c2*1-30-19-9-5-7-17(13-19)21-14-25(21)20-10-2-3-11-22(20)26(24(25)29)15-16-6-4-8-18(12-16)23(27)28/h2*2-13,21H,14-15H2,1H3,(H,27,28)/t2*21-,25-/m10/s1. The summed E-state index contributed by atoms with van der Waals surface area (Å²) in [5.74, 6) is 0.0115. The molecule has 2 N–H and O–H groups in total. The monoisotopic (exact) mass is 798 g/mol. The largest absolute Gasteiger partial charge is 0.497 e. The van der Waals surface area contributed by atoms with Gasteiger partial charge in [0, 0.05) is 23.2 Å². The van der Waals surface area contributed by atoms with Gasteiger partial charge in [0.15, 0.2) is 0 Å². The molecule has 0 unspecified atom stereocenters. The van der Waals surface area contributed by atoms with E-state index in [2.05, 4.69) is 12.1 Å². The molecular weight excluding hydrogens is 757 g/mol. The zero-order valence-corrected chi connectivity index (χ0v) is 33.1. The van der Waals surface area contributed by atoms with Crippen LogP contribution in [0.4, 0.5) is 11.4 Å². The maximum Gasteiger partial charge on any atom is 0.335 e. The van der Waals surface area contributed by atoms with Crippen molar-refractivity contribution in [1.29, 1.82) is 0 Å². The fraction of sp³-hybridized carbons (Fsp3) is 0.200. The molecule has 2 fully saturated rings. The van der Waals surface area contributed by atoms with Gasteiger partial charge >= 0.3 is 11.9 Å². The van der Waals surface area contributed by atoms with Crippen molar-refractivity contribution in [2.75, 3.05) is 24.0 Å². The van der Waals surface area contributed by atoms with Crippen LogP contribution in [0.2, 0.25) is 0 Å². The number of methoxy groups -OCH3 is 2.